The molecule has 1 fully saturated rings. The lowest BCUT2D eigenvalue weighted by Gasteiger charge is -2.14. The smallest absolute Gasteiger partial charge is 0.265 e. The molecule has 1 atom stereocenters. The Balaban J connectivity index is 1.68. The molecule has 0 amide bonds. The molecule has 24 heavy (non-hydrogen) atoms. The quantitative estimate of drug-likeness (QED) is 0.659. The Morgan fingerprint density at radius 2 is 1.58 bits per heavy atom. The summed E-state index contributed by atoms with van der Waals surface area (Å²) in [7, 11) is -3.63. The Bertz CT molecular complexity index is 833. The van der Waals surface area contributed by atoms with Crippen molar-refractivity contribution in [1.82, 2.24) is 4.47 Å². The first kappa shape index (κ1) is 17.8. The molecule has 2 aromatic rings. The molecular weight excluding hydrogens is 458 g/mol. The molecule has 0 aromatic heterocycles. The Labute approximate surface area is 158 Å². The Morgan fingerprint density at radius 3 is 2.21 bits per heavy atom. The molecule has 0 N–H and O–H groups in total. The summed E-state index contributed by atoms with van der Waals surface area (Å²) in [5.41, 5.74) is 1.06. The van der Waals surface area contributed by atoms with E-state index in [4.69, 9.17) is 4.84 Å². The molecule has 0 bridgehead atoms. The Hall–Kier alpha value is -0.990. The third-order valence-electron chi connectivity index (χ3n) is 3.63. The van der Waals surface area contributed by atoms with Crippen LogP contribution >= 0.6 is 31.9 Å². The Kier molecular flexibility index (Phi) is 5.56. The molecule has 126 valence electrons. The van der Waals surface area contributed by atoms with Crippen LogP contribution in [0.15, 0.2) is 68.4 Å². The van der Waals surface area contributed by atoms with E-state index in [9.17, 15) is 8.42 Å². The predicted molar refractivity (Wildman–Crippen MR) is 101 cm³/mol. The standard InChI is InChI=1S/C17H15Br2NO3S/c18-15-5-3-13(4-6-15)1-2-14-11-20(23-12-14)24(21,22)17-9-7-16(19)8-10-17/h1-10,14H,11-12H2/b2-1+. The van der Waals surface area contributed by atoms with E-state index in [2.05, 4.69) is 31.9 Å². The molecule has 0 spiro atoms. The van der Waals surface area contributed by atoms with Gasteiger partial charge in [-0.25, -0.2) is 8.42 Å². The van der Waals surface area contributed by atoms with Crippen molar-refractivity contribution in [2.24, 2.45) is 5.92 Å². The summed E-state index contributed by atoms with van der Waals surface area (Å²) in [5, 5.41) is 0. The van der Waals surface area contributed by atoms with Crippen LogP contribution in [-0.4, -0.2) is 26.0 Å². The number of hydrogen-bond acceptors (Lipinski definition) is 3. The van der Waals surface area contributed by atoms with Crippen molar-refractivity contribution in [3.8, 4) is 0 Å². The van der Waals surface area contributed by atoms with E-state index in [1.54, 1.807) is 24.3 Å². The van der Waals surface area contributed by atoms with Crippen LogP contribution in [0.2, 0.25) is 0 Å². The van der Waals surface area contributed by atoms with Crippen LogP contribution in [0.1, 0.15) is 5.56 Å². The van der Waals surface area contributed by atoms with Crippen molar-refractivity contribution in [1.29, 1.82) is 0 Å². The molecule has 0 aliphatic carbocycles. The zero-order valence-electron chi connectivity index (χ0n) is 12.6. The van der Waals surface area contributed by atoms with Gasteiger partial charge in [0.1, 0.15) is 0 Å². The van der Waals surface area contributed by atoms with Gasteiger partial charge in [0.05, 0.1) is 11.5 Å². The van der Waals surface area contributed by atoms with Gasteiger partial charge in [0.25, 0.3) is 10.0 Å². The second-order valence-corrected chi connectivity index (χ2v) is 9.07. The highest BCUT2D eigenvalue weighted by Crippen LogP contribution is 2.25. The van der Waals surface area contributed by atoms with Gasteiger partial charge in [-0.05, 0) is 42.0 Å². The van der Waals surface area contributed by atoms with Gasteiger partial charge in [0.15, 0.2) is 0 Å². The fourth-order valence-electron chi connectivity index (χ4n) is 2.30. The molecule has 1 saturated heterocycles. The van der Waals surface area contributed by atoms with Crippen molar-refractivity contribution in [2.75, 3.05) is 13.2 Å². The van der Waals surface area contributed by atoms with Crippen molar-refractivity contribution >= 4 is 48.0 Å². The normalized spacial score (nSPS) is 19.2. The van der Waals surface area contributed by atoms with E-state index in [-0.39, 0.29) is 10.8 Å². The van der Waals surface area contributed by atoms with Crippen LogP contribution in [0, 0.1) is 5.92 Å². The van der Waals surface area contributed by atoms with Crippen molar-refractivity contribution in [2.45, 2.75) is 4.90 Å². The van der Waals surface area contributed by atoms with E-state index in [0.29, 0.717) is 13.2 Å². The summed E-state index contributed by atoms with van der Waals surface area (Å²) in [5.74, 6) is 0.0267. The fourth-order valence-corrected chi connectivity index (χ4v) is 4.14. The highest BCUT2D eigenvalue weighted by molar-refractivity contribution is 9.10. The second kappa shape index (κ2) is 7.49. The first-order valence-corrected chi connectivity index (χ1v) is 10.3. The minimum Gasteiger partial charge on any atom is -0.283 e. The van der Waals surface area contributed by atoms with Gasteiger partial charge in [-0.1, -0.05) is 60.6 Å². The van der Waals surface area contributed by atoms with Gasteiger partial charge in [-0.15, -0.1) is 0 Å². The lowest BCUT2D eigenvalue weighted by molar-refractivity contribution is -0.0291. The predicted octanol–water partition coefficient (Wildman–Crippen LogP) is 4.48. The third-order valence-corrected chi connectivity index (χ3v) is 6.34. The van der Waals surface area contributed by atoms with E-state index < -0.39 is 10.0 Å². The minimum atomic E-state index is -3.63. The lowest BCUT2D eigenvalue weighted by Crippen LogP contribution is -2.27. The largest absolute Gasteiger partial charge is 0.283 e. The molecule has 1 aliphatic rings. The van der Waals surface area contributed by atoms with Gasteiger partial charge in [-0.3, -0.25) is 4.84 Å². The number of halogens is 2. The minimum absolute atomic E-state index is 0.0267. The SMILES string of the molecule is O=S(=O)(c1ccc(Br)cc1)N1CC(/C=C/c2ccc(Br)cc2)CO1. The summed E-state index contributed by atoms with van der Waals surface area (Å²) in [6.45, 7) is 0.661. The molecular formula is C17H15Br2NO3S. The summed E-state index contributed by atoms with van der Waals surface area (Å²) < 4.78 is 28.1. The zero-order valence-corrected chi connectivity index (χ0v) is 16.6. The van der Waals surface area contributed by atoms with Crippen LogP contribution in [0.4, 0.5) is 0 Å². The molecule has 2 aromatic carbocycles. The number of benzene rings is 2. The van der Waals surface area contributed by atoms with Crippen molar-refractivity contribution in [3.05, 3.63) is 69.1 Å². The second-order valence-electron chi connectivity index (χ2n) is 5.41. The van der Waals surface area contributed by atoms with Crippen LogP contribution in [-0.2, 0) is 14.9 Å². The highest BCUT2D eigenvalue weighted by atomic mass is 79.9. The number of hydroxylamine groups is 1. The molecule has 1 unspecified atom stereocenters. The fraction of sp³-hybridized carbons (Fsp3) is 0.176. The summed E-state index contributed by atoms with van der Waals surface area (Å²) in [6.07, 6.45) is 3.97. The van der Waals surface area contributed by atoms with E-state index in [1.165, 1.54) is 0 Å². The van der Waals surface area contributed by atoms with Gasteiger partial charge < -0.3 is 0 Å². The maximum absolute atomic E-state index is 12.6. The van der Waals surface area contributed by atoms with E-state index >= 15 is 0 Å². The number of nitrogens with zero attached hydrogens (tertiary/aromatic N) is 1. The first-order valence-electron chi connectivity index (χ1n) is 7.30. The first-order chi connectivity index (χ1) is 11.4. The third kappa shape index (κ3) is 4.15. The molecule has 1 heterocycles. The molecule has 0 radical (unpaired) electrons. The summed E-state index contributed by atoms with van der Waals surface area (Å²) in [6, 6.07) is 14.5. The maximum atomic E-state index is 12.6. The monoisotopic (exact) mass is 471 g/mol. The van der Waals surface area contributed by atoms with Crippen LogP contribution in [0.3, 0.4) is 0 Å². The van der Waals surface area contributed by atoms with Gasteiger partial charge in [-0.2, -0.15) is 0 Å². The van der Waals surface area contributed by atoms with E-state index in [0.717, 1.165) is 19.0 Å². The maximum Gasteiger partial charge on any atom is 0.265 e. The summed E-state index contributed by atoms with van der Waals surface area (Å²) >= 11 is 6.70. The Morgan fingerprint density at radius 1 is 1.00 bits per heavy atom. The number of rotatable bonds is 4. The lowest BCUT2D eigenvalue weighted by atomic mass is 10.1. The molecule has 0 saturated carbocycles. The van der Waals surface area contributed by atoms with Crippen molar-refractivity contribution < 1.29 is 13.3 Å². The average molecular weight is 473 g/mol. The molecule has 4 nitrogen and oxygen atoms in total. The number of hydrogen-bond donors (Lipinski definition) is 0. The molecule has 1 aliphatic heterocycles. The molecule has 7 heteroatoms. The molecule has 3 rings (SSSR count). The van der Waals surface area contributed by atoms with Crippen molar-refractivity contribution in [3.63, 3.8) is 0 Å². The average Bonchev–Trinajstić information content (AvgIpc) is 3.04. The zero-order chi connectivity index (χ0) is 17.2. The topological polar surface area (TPSA) is 46.6 Å². The van der Waals surface area contributed by atoms with Crippen LogP contribution in [0.25, 0.3) is 6.08 Å². The highest BCUT2D eigenvalue weighted by Gasteiger charge is 2.33. The van der Waals surface area contributed by atoms with Gasteiger partial charge in [0, 0.05) is 21.4 Å². The van der Waals surface area contributed by atoms with Gasteiger partial charge in [0.2, 0.25) is 0 Å². The summed E-state index contributed by atoms with van der Waals surface area (Å²) in [4.78, 5) is 5.62. The van der Waals surface area contributed by atoms with Crippen LogP contribution < -0.4 is 0 Å². The van der Waals surface area contributed by atoms with Gasteiger partial charge >= 0.3 is 0 Å². The van der Waals surface area contributed by atoms with E-state index in [1.807, 2.05) is 36.4 Å². The van der Waals surface area contributed by atoms with Crippen LogP contribution in [0.5, 0.6) is 0 Å². The number of sulfonamides is 1.